The Bertz CT molecular complexity index is 462. The van der Waals surface area contributed by atoms with Gasteiger partial charge in [0.2, 0.25) is 5.91 Å². The highest BCUT2D eigenvalue weighted by Crippen LogP contribution is 2.22. The minimum Gasteiger partial charge on any atom is -0.496 e. The molecule has 6 nitrogen and oxygen atoms in total. The van der Waals surface area contributed by atoms with Gasteiger partial charge in [-0.1, -0.05) is 12.1 Å². The van der Waals surface area contributed by atoms with Gasteiger partial charge in [-0.05, 0) is 19.1 Å². The Morgan fingerprint density at radius 2 is 2.06 bits per heavy atom. The lowest BCUT2D eigenvalue weighted by molar-refractivity contribution is -0.127. The maximum Gasteiger partial charge on any atom is 0.248 e. The first-order valence-corrected chi connectivity index (χ1v) is 5.37. The summed E-state index contributed by atoms with van der Waals surface area (Å²) in [7, 11) is 2.92. The molecule has 0 saturated carbocycles. The Morgan fingerprint density at radius 1 is 1.44 bits per heavy atom. The lowest BCUT2D eigenvalue weighted by atomic mass is 9.89. The van der Waals surface area contributed by atoms with Crippen LogP contribution < -0.4 is 15.5 Å². The summed E-state index contributed by atoms with van der Waals surface area (Å²) in [5.74, 6) is -0.0474. The number of para-hydroxylation sites is 1. The van der Waals surface area contributed by atoms with Gasteiger partial charge in [0.05, 0.1) is 12.8 Å². The van der Waals surface area contributed by atoms with Gasteiger partial charge in [-0.3, -0.25) is 4.79 Å². The highest BCUT2D eigenvalue weighted by molar-refractivity contribution is 6.19. The van der Waals surface area contributed by atoms with Gasteiger partial charge in [0, 0.05) is 12.6 Å². The van der Waals surface area contributed by atoms with Gasteiger partial charge < -0.3 is 20.7 Å². The number of hydrogen-bond acceptors (Lipinski definition) is 5. The second-order valence-corrected chi connectivity index (χ2v) is 3.89. The molecule has 1 rings (SSSR count). The van der Waals surface area contributed by atoms with Crippen molar-refractivity contribution in [3.05, 3.63) is 29.8 Å². The van der Waals surface area contributed by atoms with E-state index in [-0.39, 0.29) is 5.71 Å². The third-order valence-corrected chi connectivity index (χ3v) is 2.78. The predicted octanol–water partition coefficient (Wildman–Crippen LogP) is 0.547. The van der Waals surface area contributed by atoms with Crippen LogP contribution in [0.3, 0.4) is 0 Å². The summed E-state index contributed by atoms with van der Waals surface area (Å²) >= 11 is 0. The van der Waals surface area contributed by atoms with Crippen molar-refractivity contribution in [2.75, 3.05) is 14.2 Å². The summed E-state index contributed by atoms with van der Waals surface area (Å²) < 4.78 is 5.14. The lowest BCUT2D eigenvalue weighted by Crippen LogP contribution is -2.58. The first kappa shape index (κ1) is 14.1. The molecule has 1 unspecified atom stereocenters. The van der Waals surface area contributed by atoms with Gasteiger partial charge >= 0.3 is 0 Å². The van der Waals surface area contributed by atoms with E-state index in [0.717, 1.165) is 0 Å². The first-order chi connectivity index (χ1) is 8.51. The number of methoxy groups -OCH3 is 1. The van der Waals surface area contributed by atoms with Crippen LogP contribution in [0.25, 0.3) is 0 Å². The molecular formula is C12H17N3O3. The van der Waals surface area contributed by atoms with Gasteiger partial charge in [0.15, 0.2) is 5.54 Å². The molecule has 1 atom stereocenters. The van der Waals surface area contributed by atoms with Crippen molar-refractivity contribution < 1.29 is 14.7 Å². The Morgan fingerprint density at radius 3 is 2.56 bits per heavy atom. The number of benzene rings is 1. The van der Waals surface area contributed by atoms with Crippen molar-refractivity contribution in [2.45, 2.75) is 12.5 Å². The van der Waals surface area contributed by atoms with Crippen LogP contribution in [-0.4, -0.2) is 36.5 Å². The van der Waals surface area contributed by atoms with Crippen molar-refractivity contribution in [3.63, 3.8) is 0 Å². The first-order valence-electron chi connectivity index (χ1n) is 5.37. The molecule has 0 aromatic heterocycles. The van der Waals surface area contributed by atoms with Crippen LogP contribution in [0.5, 0.6) is 5.75 Å². The van der Waals surface area contributed by atoms with Crippen LogP contribution >= 0.6 is 0 Å². The Hall–Kier alpha value is -1.92. The number of carbonyl (C=O) groups is 1. The fourth-order valence-corrected chi connectivity index (χ4v) is 1.59. The van der Waals surface area contributed by atoms with E-state index in [9.17, 15) is 10.0 Å². The molecule has 6 heteroatoms. The van der Waals surface area contributed by atoms with Gasteiger partial charge in [0.1, 0.15) is 5.75 Å². The third-order valence-electron chi connectivity index (χ3n) is 2.78. The molecule has 1 amide bonds. The summed E-state index contributed by atoms with van der Waals surface area (Å²) in [6, 6.07) is 6.83. The fraction of sp³-hybridized carbons (Fsp3) is 0.333. The average Bonchev–Trinajstić information content (AvgIpc) is 2.44. The molecule has 0 aliphatic rings. The summed E-state index contributed by atoms with van der Waals surface area (Å²) in [5.41, 5.74) is 0.704. The SMILES string of the molecule is CNC(=O)C(C)(NO)C(=N)c1ccccc1OC. The number of hydroxylamine groups is 1. The molecule has 0 heterocycles. The molecule has 18 heavy (non-hydrogen) atoms. The minimum atomic E-state index is -1.54. The van der Waals surface area contributed by atoms with Crippen LogP contribution in [-0.2, 0) is 4.79 Å². The van der Waals surface area contributed by atoms with E-state index in [0.29, 0.717) is 11.3 Å². The molecule has 0 radical (unpaired) electrons. The van der Waals surface area contributed by atoms with Crippen LogP contribution in [0.4, 0.5) is 0 Å². The topological polar surface area (TPSA) is 94.4 Å². The summed E-state index contributed by atoms with van der Waals surface area (Å²) in [6.45, 7) is 1.42. The zero-order valence-electron chi connectivity index (χ0n) is 10.6. The normalized spacial score (nSPS) is 13.6. The number of ether oxygens (including phenoxy) is 1. The number of nitrogens with one attached hydrogen (secondary N) is 3. The maximum absolute atomic E-state index is 11.8. The predicted molar refractivity (Wildman–Crippen MR) is 67.2 cm³/mol. The van der Waals surface area contributed by atoms with E-state index in [1.165, 1.54) is 21.1 Å². The zero-order valence-corrected chi connectivity index (χ0v) is 10.6. The van der Waals surface area contributed by atoms with E-state index >= 15 is 0 Å². The van der Waals surface area contributed by atoms with E-state index in [1.807, 2.05) is 5.48 Å². The quantitative estimate of drug-likeness (QED) is 0.454. The average molecular weight is 251 g/mol. The molecule has 4 N–H and O–H groups in total. The van der Waals surface area contributed by atoms with Crippen LogP contribution in [0.15, 0.2) is 24.3 Å². The molecule has 1 aromatic rings. The molecule has 0 spiro atoms. The number of rotatable bonds is 5. The standard InChI is InChI=1S/C12H17N3O3/c1-12(15-17,11(16)14-2)10(13)8-6-4-5-7-9(8)18-3/h4-7,13,15,17H,1-3H3,(H,14,16). The third kappa shape index (κ3) is 2.34. The molecule has 0 fully saturated rings. The Balaban J connectivity index is 3.23. The van der Waals surface area contributed by atoms with E-state index < -0.39 is 11.4 Å². The summed E-state index contributed by atoms with van der Waals surface area (Å²) in [4.78, 5) is 11.8. The molecule has 0 aliphatic heterocycles. The van der Waals surface area contributed by atoms with Crippen molar-refractivity contribution in [3.8, 4) is 5.75 Å². The van der Waals surface area contributed by atoms with Gasteiger partial charge in [-0.2, -0.15) is 5.48 Å². The van der Waals surface area contributed by atoms with Gasteiger partial charge in [0.25, 0.3) is 0 Å². The minimum absolute atomic E-state index is 0.0817. The van der Waals surface area contributed by atoms with Crippen LogP contribution in [0.2, 0.25) is 0 Å². The molecule has 0 aliphatic carbocycles. The van der Waals surface area contributed by atoms with Crippen molar-refractivity contribution >= 4 is 11.6 Å². The largest absolute Gasteiger partial charge is 0.496 e. The number of carbonyl (C=O) groups excluding carboxylic acids is 1. The van der Waals surface area contributed by atoms with Gasteiger partial charge in [-0.15, -0.1) is 0 Å². The summed E-state index contributed by atoms with van der Waals surface area (Å²) in [6.07, 6.45) is 0. The fourth-order valence-electron chi connectivity index (χ4n) is 1.59. The van der Waals surface area contributed by atoms with Crippen molar-refractivity contribution in [1.82, 2.24) is 10.8 Å². The van der Waals surface area contributed by atoms with Crippen LogP contribution in [0, 0.1) is 5.41 Å². The number of amides is 1. The van der Waals surface area contributed by atoms with Crippen LogP contribution in [0.1, 0.15) is 12.5 Å². The van der Waals surface area contributed by atoms with E-state index in [1.54, 1.807) is 24.3 Å². The molecule has 98 valence electrons. The highest BCUT2D eigenvalue weighted by atomic mass is 16.5. The van der Waals surface area contributed by atoms with Gasteiger partial charge in [-0.25, -0.2) is 0 Å². The smallest absolute Gasteiger partial charge is 0.248 e. The summed E-state index contributed by atoms with van der Waals surface area (Å²) in [5, 5.41) is 19.7. The van der Waals surface area contributed by atoms with Crippen molar-refractivity contribution in [2.24, 2.45) is 0 Å². The number of hydrogen-bond donors (Lipinski definition) is 4. The van der Waals surface area contributed by atoms with E-state index in [4.69, 9.17) is 10.1 Å². The zero-order chi connectivity index (χ0) is 13.8. The highest BCUT2D eigenvalue weighted by Gasteiger charge is 2.38. The maximum atomic E-state index is 11.8. The van der Waals surface area contributed by atoms with Crippen molar-refractivity contribution in [1.29, 1.82) is 5.41 Å². The lowest BCUT2D eigenvalue weighted by Gasteiger charge is -2.27. The second-order valence-electron chi connectivity index (χ2n) is 3.89. The number of likely N-dealkylation sites (N-methyl/N-ethyl adjacent to an activating group) is 1. The molecule has 0 bridgehead atoms. The molecule has 1 aromatic carbocycles. The Labute approximate surface area is 105 Å². The Kier molecular flexibility index (Phi) is 4.41. The monoisotopic (exact) mass is 251 g/mol. The van der Waals surface area contributed by atoms with E-state index in [2.05, 4.69) is 5.32 Å². The second kappa shape index (κ2) is 5.61. The molecular weight excluding hydrogens is 234 g/mol. The molecule has 0 saturated heterocycles.